The van der Waals surface area contributed by atoms with E-state index >= 15 is 0 Å². The molecular formula is C12H15Cl2N5. The van der Waals surface area contributed by atoms with Gasteiger partial charge in [0.15, 0.2) is 5.82 Å². The van der Waals surface area contributed by atoms with E-state index in [0.29, 0.717) is 21.7 Å². The van der Waals surface area contributed by atoms with E-state index in [1.807, 2.05) is 13.2 Å². The highest BCUT2D eigenvalue weighted by Crippen LogP contribution is 2.30. The average Bonchev–Trinajstić information content (AvgIpc) is 2.77. The number of hydrogen-bond donors (Lipinski definition) is 2. The van der Waals surface area contributed by atoms with Gasteiger partial charge in [-0.25, -0.2) is 4.98 Å². The molecule has 0 saturated carbocycles. The molecule has 0 saturated heterocycles. The molecule has 2 aromatic rings. The number of nitrogens with zero attached hydrogens (tertiary/aromatic N) is 3. The second kappa shape index (κ2) is 6.12. The molecule has 0 spiro atoms. The Bertz CT molecular complexity index is 567. The highest BCUT2D eigenvalue weighted by molar-refractivity contribution is 6.37. The molecule has 2 aromatic heterocycles. The summed E-state index contributed by atoms with van der Waals surface area (Å²) < 4.78 is 1.70. The molecule has 19 heavy (non-hydrogen) atoms. The highest BCUT2D eigenvalue weighted by Gasteiger charge is 2.10. The van der Waals surface area contributed by atoms with Gasteiger partial charge in [0.1, 0.15) is 5.82 Å². The van der Waals surface area contributed by atoms with Crippen molar-refractivity contribution in [2.75, 3.05) is 17.2 Å². The summed E-state index contributed by atoms with van der Waals surface area (Å²) in [5.41, 5.74) is 0.820. The molecular weight excluding hydrogens is 285 g/mol. The van der Waals surface area contributed by atoms with Crippen LogP contribution in [0.4, 0.5) is 17.3 Å². The van der Waals surface area contributed by atoms with Crippen LogP contribution in [0.25, 0.3) is 0 Å². The van der Waals surface area contributed by atoms with Gasteiger partial charge in [-0.15, -0.1) is 0 Å². The third-order valence-electron chi connectivity index (χ3n) is 2.44. The first kappa shape index (κ1) is 14.0. The molecule has 0 aliphatic rings. The Labute approximate surface area is 121 Å². The lowest BCUT2D eigenvalue weighted by atomic mass is 10.4. The maximum Gasteiger partial charge on any atom is 0.151 e. The van der Waals surface area contributed by atoms with Crippen molar-refractivity contribution in [3.8, 4) is 0 Å². The van der Waals surface area contributed by atoms with Crippen LogP contribution >= 0.6 is 23.2 Å². The Morgan fingerprint density at radius 1 is 1.26 bits per heavy atom. The van der Waals surface area contributed by atoms with Crippen molar-refractivity contribution in [1.82, 2.24) is 14.8 Å². The van der Waals surface area contributed by atoms with Gasteiger partial charge in [0.05, 0.1) is 21.9 Å². The van der Waals surface area contributed by atoms with Crippen LogP contribution in [0.5, 0.6) is 0 Å². The topological polar surface area (TPSA) is 54.8 Å². The standard InChI is InChI=1S/C12H15Cl2N5/c1-3-4-15-11-9(13)5-10(14)12(18-11)17-8-6-16-19(2)7-8/h5-7H,3-4H2,1-2H3,(H2,15,17,18). The molecule has 7 heteroatoms. The fraction of sp³-hybridized carbons (Fsp3) is 0.333. The number of hydrogen-bond acceptors (Lipinski definition) is 4. The smallest absolute Gasteiger partial charge is 0.151 e. The van der Waals surface area contributed by atoms with Gasteiger partial charge in [-0.2, -0.15) is 5.10 Å². The minimum absolute atomic E-state index is 0.468. The van der Waals surface area contributed by atoms with E-state index in [1.165, 1.54) is 0 Å². The summed E-state index contributed by atoms with van der Waals surface area (Å²) in [6.07, 6.45) is 4.53. The van der Waals surface area contributed by atoms with Gasteiger partial charge in [-0.3, -0.25) is 4.68 Å². The molecule has 0 aliphatic heterocycles. The van der Waals surface area contributed by atoms with Crippen molar-refractivity contribution in [2.24, 2.45) is 7.05 Å². The second-order valence-corrected chi connectivity index (χ2v) is 4.92. The molecule has 0 amide bonds. The third kappa shape index (κ3) is 3.52. The molecule has 2 rings (SSSR count). The predicted molar refractivity (Wildman–Crippen MR) is 79.5 cm³/mol. The number of pyridine rings is 1. The zero-order valence-corrected chi connectivity index (χ0v) is 12.3. The molecule has 0 atom stereocenters. The normalized spacial score (nSPS) is 10.5. The summed E-state index contributed by atoms with van der Waals surface area (Å²) in [4.78, 5) is 4.39. The molecule has 0 fully saturated rings. The second-order valence-electron chi connectivity index (χ2n) is 4.10. The maximum atomic E-state index is 6.13. The van der Waals surface area contributed by atoms with Gasteiger partial charge < -0.3 is 10.6 Å². The third-order valence-corrected chi connectivity index (χ3v) is 3.02. The van der Waals surface area contributed by atoms with Crippen molar-refractivity contribution in [3.63, 3.8) is 0 Å². The van der Waals surface area contributed by atoms with Crippen LogP contribution in [0.3, 0.4) is 0 Å². The highest BCUT2D eigenvalue weighted by atomic mass is 35.5. The number of halogens is 2. The summed E-state index contributed by atoms with van der Waals surface area (Å²) >= 11 is 12.2. The molecule has 5 nitrogen and oxygen atoms in total. The summed E-state index contributed by atoms with van der Waals surface area (Å²) in [6, 6.07) is 1.67. The Balaban J connectivity index is 2.24. The minimum atomic E-state index is 0.468. The van der Waals surface area contributed by atoms with Crippen LogP contribution in [0, 0.1) is 0 Å². The van der Waals surface area contributed by atoms with Crippen LogP contribution in [-0.4, -0.2) is 21.3 Å². The van der Waals surface area contributed by atoms with Crippen molar-refractivity contribution in [3.05, 3.63) is 28.5 Å². The summed E-state index contributed by atoms with van der Waals surface area (Å²) in [7, 11) is 1.84. The van der Waals surface area contributed by atoms with E-state index < -0.39 is 0 Å². The molecule has 0 radical (unpaired) electrons. The maximum absolute atomic E-state index is 6.13. The lowest BCUT2D eigenvalue weighted by molar-refractivity contribution is 0.768. The van der Waals surface area contributed by atoms with E-state index in [2.05, 4.69) is 27.6 Å². The molecule has 0 bridgehead atoms. The Morgan fingerprint density at radius 3 is 2.63 bits per heavy atom. The van der Waals surface area contributed by atoms with Crippen molar-refractivity contribution in [2.45, 2.75) is 13.3 Å². The number of anilines is 3. The summed E-state index contributed by atoms with van der Waals surface area (Å²) in [5.74, 6) is 1.18. The Kier molecular flexibility index (Phi) is 4.50. The van der Waals surface area contributed by atoms with Gasteiger partial charge >= 0.3 is 0 Å². The van der Waals surface area contributed by atoms with Gasteiger partial charge in [-0.1, -0.05) is 30.1 Å². The Hall–Kier alpha value is -1.46. The fourth-order valence-corrected chi connectivity index (χ4v) is 2.02. The van der Waals surface area contributed by atoms with Crippen LogP contribution in [0.15, 0.2) is 18.5 Å². The van der Waals surface area contributed by atoms with Crippen molar-refractivity contribution >= 4 is 40.5 Å². The first-order valence-corrected chi connectivity index (χ1v) is 6.71. The number of rotatable bonds is 5. The Morgan fingerprint density at radius 2 is 2.00 bits per heavy atom. The molecule has 2 N–H and O–H groups in total. The van der Waals surface area contributed by atoms with E-state index in [1.54, 1.807) is 16.9 Å². The summed E-state index contributed by atoms with van der Waals surface area (Å²) in [6.45, 7) is 2.88. The molecule has 0 aromatic carbocycles. The van der Waals surface area contributed by atoms with Crippen LogP contribution in [0.2, 0.25) is 10.0 Å². The predicted octanol–water partition coefficient (Wildman–Crippen LogP) is 3.69. The number of aromatic nitrogens is 3. The minimum Gasteiger partial charge on any atom is -0.369 e. The average molecular weight is 300 g/mol. The lowest BCUT2D eigenvalue weighted by Crippen LogP contribution is -2.04. The first-order chi connectivity index (χ1) is 9.10. The van der Waals surface area contributed by atoms with Gasteiger partial charge in [0, 0.05) is 19.8 Å². The SMILES string of the molecule is CCCNc1nc(Nc2cnn(C)c2)c(Cl)cc1Cl. The molecule has 0 unspecified atom stereocenters. The molecule has 102 valence electrons. The molecule has 2 heterocycles. The van der Waals surface area contributed by atoms with E-state index in [9.17, 15) is 0 Å². The van der Waals surface area contributed by atoms with E-state index in [-0.39, 0.29) is 0 Å². The van der Waals surface area contributed by atoms with Gasteiger partial charge in [0.25, 0.3) is 0 Å². The van der Waals surface area contributed by atoms with E-state index in [4.69, 9.17) is 23.2 Å². The zero-order valence-electron chi connectivity index (χ0n) is 10.7. The quantitative estimate of drug-likeness (QED) is 0.884. The monoisotopic (exact) mass is 299 g/mol. The number of aryl methyl sites for hydroxylation is 1. The van der Waals surface area contributed by atoms with Crippen molar-refractivity contribution in [1.29, 1.82) is 0 Å². The van der Waals surface area contributed by atoms with E-state index in [0.717, 1.165) is 18.7 Å². The first-order valence-electron chi connectivity index (χ1n) is 5.95. The van der Waals surface area contributed by atoms with Crippen molar-refractivity contribution < 1.29 is 0 Å². The lowest BCUT2D eigenvalue weighted by Gasteiger charge is -2.11. The van der Waals surface area contributed by atoms with Gasteiger partial charge in [-0.05, 0) is 12.5 Å². The fourth-order valence-electron chi connectivity index (χ4n) is 1.54. The molecule has 0 aliphatic carbocycles. The largest absolute Gasteiger partial charge is 0.369 e. The van der Waals surface area contributed by atoms with Gasteiger partial charge in [0.2, 0.25) is 0 Å². The summed E-state index contributed by atoms with van der Waals surface area (Å²) in [5, 5.41) is 11.3. The zero-order chi connectivity index (χ0) is 13.8. The number of nitrogens with one attached hydrogen (secondary N) is 2. The van der Waals surface area contributed by atoms with Crippen LogP contribution in [-0.2, 0) is 7.05 Å². The van der Waals surface area contributed by atoms with Crippen LogP contribution in [0.1, 0.15) is 13.3 Å². The van der Waals surface area contributed by atoms with Crippen LogP contribution < -0.4 is 10.6 Å².